The zero-order chi connectivity index (χ0) is 19.8. The van der Waals surface area contributed by atoms with Gasteiger partial charge in [-0.3, -0.25) is 0 Å². The van der Waals surface area contributed by atoms with Crippen molar-refractivity contribution in [3.63, 3.8) is 0 Å². The molecule has 0 spiro atoms. The molecular formula is C16H24N6O4. The smallest absolute Gasteiger partial charge is 0.197 e. The highest BCUT2D eigenvalue weighted by atomic mass is 17.2. The molecule has 10 heteroatoms. The molecule has 1 rings (SSSR count). The molecule has 0 amide bonds. The molecule has 0 saturated heterocycles. The maximum atomic E-state index is 8.86. The van der Waals surface area contributed by atoms with Gasteiger partial charge in [0.1, 0.15) is 0 Å². The first-order valence-electron chi connectivity index (χ1n) is 7.93. The molecule has 2 unspecified atom stereocenters. The lowest BCUT2D eigenvalue weighted by Crippen LogP contribution is -2.22. The first-order valence-corrected chi connectivity index (χ1v) is 7.93. The van der Waals surface area contributed by atoms with E-state index in [0.717, 1.165) is 0 Å². The summed E-state index contributed by atoms with van der Waals surface area (Å²) < 4.78 is 0. The van der Waals surface area contributed by atoms with Gasteiger partial charge in [-0.05, 0) is 63.7 Å². The van der Waals surface area contributed by atoms with E-state index in [4.69, 9.17) is 30.6 Å². The third-order valence-corrected chi connectivity index (χ3v) is 2.62. The Hall–Kier alpha value is -2.32. The van der Waals surface area contributed by atoms with Gasteiger partial charge in [0.2, 0.25) is 0 Å². The van der Waals surface area contributed by atoms with Crippen LogP contribution in [0.15, 0.2) is 34.5 Å². The van der Waals surface area contributed by atoms with Crippen LogP contribution in [0.4, 0.5) is 0 Å². The largest absolute Gasteiger partial charge is 0.230 e. The predicted octanol–water partition coefficient (Wildman–Crippen LogP) is 5.80. The lowest BCUT2D eigenvalue weighted by Gasteiger charge is -2.25. The Morgan fingerprint density at radius 2 is 1.12 bits per heavy atom. The fourth-order valence-corrected chi connectivity index (χ4v) is 1.70. The quantitative estimate of drug-likeness (QED) is 0.189. The molecule has 2 atom stereocenters. The predicted molar refractivity (Wildman–Crippen MR) is 94.1 cm³/mol. The molecule has 1 aromatic rings. The summed E-state index contributed by atoms with van der Waals surface area (Å²) in [6.45, 7) is 10.7. The fourth-order valence-electron chi connectivity index (χ4n) is 1.70. The van der Waals surface area contributed by atoms with E-state index < -0.39 is 23.7 Å². The molecule has 0 fully saturated rings. The van der Waals surface area contributed by atoms with E-state index in [1.807, 2.05) is 0 Å². The fraction of sp³-hybridized carbons (Fsp3) is 0.625. The first kappa shape index (κ1) is 21.7. The Morgan fingerprint density at radius 3 is 1.38 bits per heavy atom. The molecule has 10 nitrogen and oxygen atoms in total. The zero-order valence-corrected chi connectivity index (χ0v) is 15.8. The number of benzene rings is 1. The molecule has 26 heavy (non-hydrogen) atoms. The van der Waals surface area contributed by atoms with Gasteiger partial charge in [-0.1, -0.05) is 34.5 Å². The highest BCUT2D eigenvalue weighted by Crippen LogP contribution is 2.32. The van der Waals surface area contributed by atoms with Gasteiger partial charge in [-0.2, -0.15) is 0 Å². The van der Waals surface area contributed by atoms with Crippen LogP contribution < -0.4 is 0 Å². The van der Waals surface area contributed by atoms with E-state index in [2.05, 4.69) is 20.1 Å². The van der Waals surface area contributed by atoms with Crippen LogP contribution >= 0.6 is 0 Å². The van der Waals surface area contributed by atoms with Crippen molar-refractivity contribution in [2.75, 3.05) is 0 Å². The van der Waals surface area contributed by atoms with Crippen LogP contribution in [-0.2, 0) is 19.6 Å². The summed E-state index contributed by atoms with van der Waals surface area (Å²) in [7, 11) is 0. The van der Waals surface area contributed by atoms with Crippen LogP contribution in [0.1, 0.15) is 65.1 Å². The maximum absolute atomic E-state index is 8.86. The monoisotopic (exact) mass is 364 g/mol. The second-order valence-electron chi connectivity index (χ2n) is 7.33. The van der Waals surface area contributed by atoms with Crippen molar-refractivity contribution in [2.24, 2.45) is 10.2 Å². The van der Waals surface area contributed by atoms with Crippen LogP contribution in [0.5, 0.6) is 0 Å². The molecule has 0 aromatic heterocycles. The minimum atomic E-state index is -1.11. The third-order valence-electron chi connectivity index (χ3n) is 2.62. The van der Waals surface area contributed by atoms with Crippen LogP contribution in [0, 0.1) is 0 Å². The van der Waals surface area contributed by atoms with Crippen molar-refractivity contribution in [1.29, 1.82) is 0 Å². The van der Waals surface area contributed by atoms with Crippen LogP contribution in [0.3, 0.4) is 0 Å². The van der Waals surface area contributed by atoms with Gasteiger partial charge in [0.15, 0.2) is 12.5 Å². The average Bonchev–Trinajstić information content (AvgIpc) is 2.54. The first-order chi connectivity index (χ1) is 12.1. The van der Waals surface area contributed by atoms with Crippen molar-refractivity contribution in [1.82, 2.24) is 0 Å². The van der Waals surface area contributed by atoms with Gasteiger partial charge < -0.3 is 0 Å². The summed E-state index contributed by atoms with van der Waals surface area (Å²) in [5.74, 6) is 0. The van der Waals surface area contributed by atoms with E-state index in [9.17, 15) is 0 Å². The minimum absolute atomic E-state index is 0.421. The number of hydrogen-bond acceptors (Lipinski definition) is 6. The van der Waals surface area contributed by atoms with Crippen molar-refractivity contribution in [2.45, 2.75) is 65.2 Å². The molecule has 0 aliphatic rings. The van der Waals surface area contributed by atoms with Crippen LogP contribution in [0.2, 0.25) is 0 Å². The summed E-state index contributed by atoms with van der Waals surface area (Å²) >= 11 is 0. The van der Waals surface area contributed by atoms with E-state index in [-0.39, 0.29) is 0 Å². The molecule has 0 N–H and O–H groups in total. The Morgan fingerprint density at radius 1 is 0.769 bits per heavy atom. The lowest BCUT2D eigenvalue weighted by atomic mass is 10.1. The third kappa shape index (κ3) is 7.71. The Balaban J connectivity index is 3.22. The standard InChI is InChI=1S/C16H24N6O4/c1-15(2,3)25-23-13(19-21-17)11-9-7-8-10-12(11)14(20-22-18)24-26-16(4,5)6/h7-10,13-14H,1-6H3. The van der Waals surface area contributed by atoms with Gasteiger partial charge in [-0.25, -0.2) is 19.6 Å². The summed E-state index contributed by atoms with van der Waals surface area (Å²) in [5.41, 5.74) is 17.3. The molecule has 0 heterocycles. The molecule has 0 saturated carbocycles. The van der Waals surface area contributed by atoms with Crippen molar-refractivity contribution in [3.8, 4) is 0 Å². The second-order valence-corrected chi connectivity index (χ2v) is 7.33. The minimum Gasteiger partial charge on any atom is -0.230 e. The van der Waals surface area contributed by atoms with Gasteiger partial charge in [0.25, 0.3) is 0 Å². The van der Waals surface area contributed by atoms with Gasteiger partial charge in [-0.15, -0.1) is 0 Å². The van der Waals surface area contributed by atoms with Gasteiger partial charge in [0.05, 0.1) is 11.2 Å². The van der Waals surface area contributed by atoms with Crippen LogP contribution in [0.25, 0.3) is 20.9 Å². The lowest BCUT2D eigenvalue weighted by molar-refractivity contribution is -0.379. The summed E-state index contributed by atoms with van der Waals surface area (Å²) in [4.78, 5) is 26.7. The SMILES string of the molecule is CC(C)(C)OOC(N=[N+]=[N-])c1ccccc1C(N=[N+]=[N-])OOC(C)(C)C. The Bertz CT molecular complexity index is 626. The molecule has 0 aliphatic carbocycles. The van der Waals surface area contributed by atoms with Crippen molar-refractivity contribution < 1.29 is 19.6 Å². The maximum Gasteiger partial charge on any atom is 0.197 e. The van der Waals surface area contributed by atoms with Crippen LogP contribution in [-0.4, -0.2) is 11.2 Å². The number of azide groups is 2. The summed E-state index contributed by atoms with van der Waals surface area (Å²) in [6.07, 6.45) is -2.21. The molecule has 1 aromatic carbocycles. The van der Waals surface area contributed by atoms with Gasteiger partial charge >= 0.3 is 0 Å². The molecule has 142 valence electrons. The normalized spacial score (nSPS) is 14.1. The van der Waals surface area contributed by atoms with Gasteiger partial charge in [0, 0.05) is 9.82 Å². The molecular weight excluding hydrogens is 340 g/mol. The number of nitrogens with zero attached hydrogens (tertiary/aromatic N) is 6. The Kier molecular flexibility index (Phi) is 7.85. The highest BCUT2D eigenvalue weighted by Gasteiger charge is 2.25. The number of hydrogen-bond donors (Lipinski definition) is 0. The van der Waals surface area contributed by atoms with E-state index >= 15 is 0 Å². The average molecular weight is 364 g/mol. The van der Waals surface area contributed by atoms with E-state index in [0.29, 0.717) is 11.1 Å². The Labute approximate surface area is 152 Å². The molecule has 0 bridgehead atoms. The van der Waals surface area contributed by atoms with Crippen molar-refractivity contribution >= 4 is 0 Å². The second kappa shape index (κ2) is 9.40. The highest BCUT2D eigenvalue weighted by molar-refractivity contribution is 5.31. The summed E-state index contributed by atoms with van der Waals surface area (Å²) in [5, 5.41) is 7.22. The van der Waals surface area contributed by atoms with E-state index in [1.165, 1.54) is 0 Å². The molecule has 0 radical (unpaired) electrons. The zero-order valence-electron chi connectivity index (χ0n) is 15.8. The summed E-state index contributed by atoms with van der Waals surface area (Å²) in [6, 6.07) is 6.75. The van der Waals surface area contributed by atoms with Crippen molar-refractivity contribution in [3.05, 3.63) is 56.3 Å². The topological polar surface area (TPSA) is 134 Å². The van der Waals surface area contributed by atoms with E-state index in [1.54, 1.807) is 65.8 Å². The molecule has 0 aliphatic heterocycles. The number of rotatable bonds is 8.